The molecular weight excluding hydrogens is 348 g/mol. The zero-order valence-corrected chi connectivity index (χ0v) is 17.1. The Kier molecular flexibility index (Phi) is 6.87. The first kappa shape index (κ1) is 20.6. The van der Waals surface area contributed by atoms with Gasteiger partial charge in [0.25, 0.3) is 0 Å². The van der Waals surface area contributed by atoms with Gasteiger partial charge in [-0.1, -0.05) is 55.8 Å². The lowest BCUT2D eigenvalue weighted by atomic mass is 9.87. The van der Waals surface area contributed by atoms with E-state index in [1.807, 2.05) is 18.2 Å². The Bertz CT molecular complexity index is 750. The largest absolute Gasteiger partial charge is 0.389 e. The van der Waals surface area contributed by atoms with Gasteiger partial charge in [-0.3, -0.25) is 9.69 Å². The maximum Gasteiger partial charge on any atom is 0.229 e. The molecule has 2 aromatic rings. The number of amides is 1. The number of piperidine rings is 1. The number of carbonyl (C=O) groups is 1. The average molecular weight is 381 g/mol. The fourth-order valence-corrected chi connectivity index (χ4v) is 3.86. The summed E-state index contributed by atoms with van der Waals surface area (Å²) in [5.74, 6) is -0.0257. The number of aliphatic hydroxyl groups is 1. The predicted octanol–water partition coefficient (Wildman–Crippen LogP) is 4.02. The van der Waals surface area contributed by atoms with Crippen LogP contribution in [0.4, 0.5) is 5.69 Å². The molecule has 1 fully saturated rings. The van der Waals surface area contributed by atoms with E-state index in [-0.39, 0.29) is 12.3 Å². The van der Waals surface area contributed by atoms with Crippen molar-refractivity contribution in [1.29, 1.82) is 0 Å². The van der Waals surface area contributed by atoms with Crippen molar-refractivity contribution >= 4 is 11.6 Å². The van der Waals surface area contributed by atoms with Gasteiger partial charge in [0.15, 0.2) is 0 Å². The van der Waals surface area contributed by atoms with Gasteiger partial charge in [-0.25, -0.2) is 0 Å². The lowest BCUT2D eigenvalue weighted by molar-refractivity contribution is -0.125. The third-order valence-electron chi connectivity index (χ3n) is 5.75. The van der Waals surface area contributed by atoms with Crippen LogP contribution in [0.2, 0.25) is 0 Å². The number of nitrogens with zero attached hydrogens (tertiary/aromatic N) is 2. The second-order valence-electron chi connectivity index (χ2n) is 8.03. The molecule has 4 heteroatoms. The topological polar surface area (TPSA) is 43.8 Å². The van der Waals surface area contributed by atoms with E-state index in [1.165, 1.54) is 11.1 Å². The molecular formula is C24H32N2O2. The van der Waals surface area contributed by atoms with Crippen LogP contribution in [0.25, 0.3) is 0 Å². The fourth-order valence-electron chi connectivity index (χ4n) is 3.86. The molecule has 0 aliphatic carbocycles. The van der Waals surface area contributed by atoms with Gasteiger partial charge in [-0.15, -0.1) is 0 Å². The number of hydrogen-bond donors (Lipinski definition) is 1. The van der Waals surface area contributed by atoms with Crippen molar-refractivity contribution in [1.82, 2.24) is 4.90 Å². The summed E-state index contributed by atoms with van der Waals surface area (Å²) in [4.78, 5) is 16.8. The van der Waals surface area contributed by atoms with Gasteiger partial charge in [0.05, 0.1) is 12.0 Å². The van der Waals surface area contributed by atoms with Gasteiger partial charge in [-0.2, -0.15) is 0 Å². The van der Waals surface area contributed by atoms with Crippen LogP contribution in [0.1, 0.15) is 43.7 Å². The summed E-state index contributed by atoms with van der Waals surface area (Å²) in [7, 11) is 1.80. The van der Waals surface area contributed by atoms with Crippen LogP contribution in [0, 0.1) is 0 Å². The van der Waals surface area contributed by atoms with Crippen molar-refractivity contribution < 1.29 is 9.90 Å². The van der Waals surface area contributed by atoms with Crippen LogP contribution < -0.4 is 4.90 Å². The molecule has 2 aromatic carbocycles. The average Bonchev–Trinajstić information content (AvgIpc) is 2.71. The highest BCUT2D eigenvalue weighted by atomic mass is 16.3. The molecule has 1 amide bonds. The van der Waals surface area contributed by atoms with Crippen molar-refractivity contribution in [2.75, 3.05) is 25.0 Å². The molecule has 1 heterocycles. The molecule has 0 bridgehead atoms. The maximum absolute atomic E-state index is 12.8. The van der Waals surface area contributed by atoms with Crippen LogP contribution in [0.15, 0.2) is 54.6 Å². The third-order valence-corrected chi connectivity index (χ3v) is 5.75. The number of anilines is 1. The highest BCUT2D eigenvalue weighted by Gasteiger charge is 2.35. The summed E-state index contributed by atoms with van der Waals surface area (Å²) in [6, 6.07) is 18.6. The van der Waals surface area contributed by atoms with Crippen molar-refractivity contribution in [2.24, 2.45) is 0 Å². The van der Waals surface area contributed by atoms with Gasteiger partial charge in [0, 0.05) is 32.4 Å². The third kappa shape index (κ3) is 5.43. The molecule has 0 atom stereocenters. The van der Waals surface area contributed by atoms with Crippen LogP contribution in [0.5, 0.6) is 0 Å². The number of benzene rings is 2. The lowest BCUT2D eigenvalue weighted by Gasteiger charge is -2.38. The van der Waals surface area contributed by atoms with Crippen LogP contribution in [0.3, 0.4) is 0 Å². The maximum atomic E-state index is 12.8. The molecule has 1 saturated heterocycles. The van der Waals surface area contributed by atoms with E-state index in [4.69, 9.17) is 0 Å². The Hall–Kier alpha value is -2.17. The van der Waals surface area contributed by atoms with E-state index >= 15 is 0 Å². The first-order chi connectivity index (χ1) is 13.5. The van der Waals surface area contributed by atoms with Crippen LogP contribution in [-0.4, -0.2) is 41.7 Å². The second-order valence-corrected chi connectivity index (χ2v) is 8.03. The van der Waals surface area contributed by atoms with Crippen molar-refractivity contribution in [3.8, 4) is 0 Å². The first-order valence-electron chi connectivity index (χ1n) is 10.3. The Labute approximate surface area is 168 Å². The predicted molar refractivity (Wildman–Crippen MR) is 114 cm³/mol. The molecule has 0 radical (unpaired) electrons. The molecule has 0 saturated carbocycles. The summed E-state index contributed by atoms with van der Waals surface area (Å²) in [6.45, 7) is 4.69. The molecule has 0 unspecified atom stereocenters. The van der Waals surface area contributed by atoms with Crippen molar-refractivity contribution in [2.45, 2.75) is 51.2 Å². The number of hydrogen-bond acceptors (Lipinski definition) is 3. The highest BCUT2D eigenvalue weighted by molar-refractivity contribution is 5.93. The molecule has 1 N–H and O–H groups in total. The number of carbonyl (C=O) groups excluding carboxylic acids is 1. The second kappa shape index (κ2) is 9.35. The molecule has 3 rings (SSSR count). The van der Waals surface area contributed by atoms with E-state index in [9.17, 15) is 9.90 Å². The zero-order valence-electron chi connectivity index (χ0n) is 17.1. The summed E-state index contributed by atoms with van der Waals surface area (Å²) in [6.07, 6.45) is 3.61. The molecule has 0 aromatic heterocycles. The van der Waals surface area contributed by atoms with Crippen LogP contribution in [-0.2, 0) is 17.8 Å². The van der Waals surface area contributed by atoms with Gasteiger partial charge in [-0.05, 0) is 42.5 Å². The normalized spacial score (nSPS) is 16.7. The monoisotopic (exact) mass is 380 g/mol. The quantitative estimate of drug-likeness (QED) is 0.789. The van der Waals surface area contributed by atoms with Gasteiger partial charge >= 0.3 is 0 Å². The minimum absolute atomic E-state index is 0.0257. The minimum Gasteiger partial charge on any atom is -0.389 e. The molecule has 1 aliphatic rings. The molecule has 0 spiro atoms. The van der Waals surface area contributed by atoms with Crippen LogP contribution >= 0.6 is 0 Å². The van der Waals surface area contributed by atoms with Crippen molar-refractivity contribution in [3.63, 3.8) is 0 Å². The number of aryl methyl sites for hydroxylation is 1. The van der Waals surface area contributed by atoms with Gasteiger partial charge in [0.1, 0.15) is 0 Å². The van der Waals surface area contributed by atoms with Gasteiger partial charge < -0.3 is 10.0 Å². The number of likely N-dealkylation sites (tertiary alicyclic amines) is 1. The zero-order chi connectivity index (χ0) is 20.0. The number of rotatable bonds is 7. The van der Waals surface area contributed by atoms with E-state index in [2.05, 4.69) is 48.2 Å². The molecule has 28 heavy (non-hydrogen) atoms. The Morgan fingerprint density at radius 1 is 1.04 bits per heavy atom. The van der Waals surface area contributed by atoms with E-state index in [0.29, 0.717) is 12.8 Å². The fraction of sp³-hybridized carbons (Fsp3) is 0.458. The first-order valence-corrected chi connectivity index (χ1v) is 10.3. The van der Waals surface area contributed by atoms with Crippen molar-refractivity contribution in [3.05, 3.63) is 65.7 Å². The highest BCUT2D eigenvalue weighted by Crippen LogP contribution is 2.28. The SMILES string of the molecule is CCCc1ccc(N(C)C(=O)CC2(O)CCN(Cc3ccccc3)CC2)cc1. The van der Waals surface area contributed by atoms with E-state index in [1.54, 1.807) is 11.9 Å². The molecule has 150 valence electrons. The van der Waals surface area contributed by atoms with E-state index in [0.717, 1.165) is 38.2 Å². The van der Waals surface area contributed by atoms with E-state index < -0.39 is 5.60 Å². The lowest BCUT2D eigenvalue weighted by Crippen LogP contribution is -2.47. The molecule has 4 nitrogen and oxygen atoms in total. The Balaban J connectivity index is 1.52. The Morgan fingerprint density at radius 2 is 1.68 bits per heavy atom. The summed E-state index contributed by atoms with van der Waals surface area (Å²) < 4.78 is 0. The summed E-state index contributed by atoms with van der Waals surface area (Å²) >= 11 is 0. The summed E-state index contributed by atoms with van der Waals surface area (Å²) in [5.41, 5.74) is 2.56. The minimum atomic E-state index is -0.902. The smallest absolute Gasteiger partial charge is 0.229 e. The van der Waals surface area contributed by atoms with Gasteiger partial charge in [0.2, 0.25) is 5.91 Å². The summed E-state index contributed by atoms with van der Waals surface area (Å²) in [5, 5.41) is 11.0. The Morgan fingerprint density at radius 3 is 2.29 bits per heavy atom. The molecule has 1 aliphatic heterocycles. The standard InChI is InChI=1S/C24H32N2O2/c1-3-7-20-10-12-22(13-11-20)25(2)23(27)18-24(28)14-16-26(17-15-24)19-21-8-5-4-6-9-21/h4-6,8-13,28H,3,7,14-19H2,1-2H3.